The maximum atomic E-state index is 12.7. The Morgan fingerprint density at radius 3 is 2.58 bits per heavy atom. The number of aryl methyl sites for hydroxylation is 1. The Morgan fingerprint density at radius 2 is 1.88 bits per heavy atom. The number of halogens is 1. The molecule has 3 aromatic rings. The standard InChI is InChI=1S/C20H18BrN3O2/c1-12-10-18(17-11-16(26-3)8-9-19(17)22-12)20(25)24-23-13(2)14-4-6-15(21)7-5-14/h4-11H,1-3H3,(H,24,25). The molecular weight excluding hydrogens is 394 g/mol. The molecule has 0 spiro atoms. The number of hydrazone groups is 1. The summed E-state index contributed by atoms with van der Waals surface area (Å²) in [5.41, 5.74) is 6.31. The molecule has 1 N–H and O–H groups in total. The van der Waals surface area contributed by atoms with Crippen molar-refractivity contribution in [2.45, 2.75) is 13.8 Å². The van der Waals surface area contributed by atoms with Gasteiger partial charge in [0.05, 0.1) is 23.9 Å². The second-order valence-electron chi connectivity index (χ2n) is 5.84. The maximum absolute atomic E-state index is 12.7. The molecule has 0 bridgehead atoms. The zero-order valence-electron chi connectivity index (χ0n) is 14.7. The fourth-order valence-electron chi connectivity index (χ4n) is 2.60. The summed E-state index contributed by atoms with van der Waals surface area (Å²) < 4.78 is 6.25. The maximum Gasteiger partial charge on any atom is 0.272 e. The minimum absolute atomic E-state index is 0.287. The van der Waals surface area contributed by atoms with Crippen molar-refractivity contribution in [2.24, 2.45) is 5.10 Å². The molecule has 0 radical (unpaired) electrons. The first kappa shape index (κ1) is 18.1. The molecule has 0 saturated heterocycles. The third kappa shape index (κ3) is 3.91. The van der Waals surface area contributed by atoms with Crippen LogP contribution in [-0.2, 0) is 0 Å². The second-order valence-corrected chi connectivity index (χ2v) is 6.75. The Labute approximate surface area is 160 Å². The van der Waals surface area contributed by atoms with E-state index >= 15 is 0 Å². The van der Waals surface area contributed by atoms with Crippen molar-refractivity contribution in [1.82, 2.24) is 10.4 Å². The summed E-state index contributed by atoms with van der Waals surface area (Å²) in [4.78, 5) is 17.2. The Bertz CT molecular complexity index is 998. The fourth-order valence-corrected chi connectivity index (χ4v) is 2.87. The Balaban J connectivity index is 1.92. The number of carbonyl (C=O) groups is 1. The van der Waals surface area contributed by atoms with Gasteiger partial charge in [-0.25, -0.2) is 5.43 Å². The summed E-state index contributed by atoms with van der Waals surface area (Å²) in [6.07, 6.45) is 0. The highest BCUT2D eigenvalue weighted by Gasteiger charge is 2.13. The van der Waals surface area contributed by atoms with E-state index in [0.717, 1.165) is 32.3 Å². The minimum atomic E-state index is -0.287. The van der Waals surface area contributed by atoms with Gasteiger partial charge in [0.25, 0.3) is 5.91 Å². The van der Waals surface area contributed by atoms with Crippen LogP contribution in [0.1, 0.15) is 28.5 Å². The number of rotatable bonds is 4. The summed E-state index contributed by atoms with van der Waals surface area (Å²) in [7, 11) is 1.59. The lowest BCUT2D eigenvalue weighted by Crippen LogP contribution is -2.20. The van der Waals surface area contributed by atoms with E-state index < -0.39 is 0 Å². The predicted octanol–water partition coefficient (Wildman–Crippen LogP) is 4.47. The van der Waals surface area contributed by atoms with Crippen molar-refractivity contribution < 1.29 is 9.53 Å². The molecule has 3 rings (SSSR count). The number of nitrogens with one attached hydrogen (secondary N) is 1. The Kier molecular flexibility index (Phi) is 5.32. The number of methoxy groups -OCH3 is 1. The third-order valence-electron chi connectivity index (χ3n) is 3.98. The van der Waals surface area contributed by atoms with Crippen LogP contribution in [0.5, 0.6) is 5.75 Å². The van der Waals surface area contributed by atoms with Crippen LogP contribution in [0, 0.1) is 6.92 Å². The number of ether oxygens (including phenoxy) is 1. The van der Waals surface area contributed by atoms with Crippen LogP contribution in [0.3, 0.4) is 0 Å². The van der Waals surface area contributed by atoms with Crippen molar-refractivity contribution in [1.29, 1.82) is 0 Å². The zero-order chi connectivity index (χ0) is 18.7. The molecule has 0 unspecified atom stereocenters. The zero-order valence-corrected chi connectivity index (χ0v) is 16.3. The van der Waals surface area contributed by atoms with Crippen LogP contribution < -0.4 is 10.2 Å². The molecule has 5 nitrogen and oxygen atoms in total. The van der Waals surface area contributed by atoms with E-state index in [4.69, 9.17) is 4.74 Å². The van der Waals surface area contributed by atoms with Gasteiger partial charge in [-0.1, -0.05) is 28.1 Å². The van der Waals surface area contributed by atoms with Gasteiger partial charge in [-0.2, -0.15) is 5.10 Å². The Hall–Kier alpha value is -2.73. The second kappa shape index (κ2) is 7.66. The molecule has 0 fully saturated rings. The molecule has 2 aromatic carbocycles. The van der Waals surface area contributed by atoms with Gasteiger partial charge in [0.15, 0.2) is 0 Å². The third-order valence-corrected chi connectivity index (χ3v) is 4.50. The van der Waals surface area contributed by atoms with E-state index in [1.807, 2.05) is 56.3 Å². The molecule has 0 aliphatic carbocycles. The van der Waals surface area contributed by atoms with Crippen molar-refractivity contribution in [3.8, 4) is 5.75 Å². The summed E-state index contributed by atoms with van der Waals surface area (Å²) in [6.45, 7) is 3.71. The largest absolute Gasteiger partial charge is 0.497 e. The molecule has 0 aliphatic rings. The van der Waals surface area contributed by atoms with Gasteiger partial charge >= 0.3 is 0 Å². The first-order valence-electron chi connectivity index (χ1n) is 8.04. The summed E-state index contributed by atoms with van der Waals surface area (Å²) in [5.74, 6) is 0.386. The highest BCUT2D eigenvalue weighted by molar-refractivity contribution is 9.10. The molecule has 1 amide bonds. The lowest BCUT2D eigenvalue weighted by molar-refractivity contribution is 0.0956. The quantitative estimate of drug-likeness (QED) is 0.508. The number of aromatic nitrogens is 1. The van der Waals surface area contributed by atoms with E-state index in [-0.39, 0.29) is 5.91 Å². The smallest absolute Gasteiger partial charge is 0.272 e. The average Bonchev–Trinajstić information content (AvgIpc) is 2.65. The molecular formula is C20H18BrN3O2. The van der Waals surface area contributed by atoms with Gasteiger partial charge in [-0.05, 0) is 55.8 Å². The van der Waals surface area contributed by atoms with Gasteiger partial charge < -0.3 is 4.74 Å². The molecule has 0 aliphatic heterocycles. The van der Waals surface area contributed by atoms with Crippen LogP contribution in [-0.4, -0.2) is 23.7 Å². The summed E-state index contributed by atoms with van der Waals surface area (Å²) in [6, 6.07) is 15.0. The lowest BCUT2D eigenvalue weighted by Gasteiger charge is -2.09. The first-order chi connectivity index (χ1) is 12.5. The molecule has 6 heteroatoms. The van der Waals surface area contributed by atoms with Crippen LogP contribution in [0.4, 0.5) is 0 Å². The van der Waals surface area contributed by atoms with Gasteiger partial charge in [0.1, 0.15) is 5.75 Å². The summed E-state index contributed by atoms with van der Waals surface area (Å²) in [5, 5.41) is 4.96. The van der Waals surface area contributed by atoms with Crippen molar-refractivity contribution in [2.75, 3.05) is 7.11 Å². The van der Waals surface area contributed by atoms with E-state index in [1.165, 1.54) is 0 Å². The molecule has 0 saturated carbocycles. The van der Waals surface area contributed by atoms with E-state index in [9.17, 15) is 4.79 Å². The van der Waals surface area contributed by atoms with Crippen molar-refractivity contribution in [3.05, 3.63) is 69.8 Å². The van der Waals surface area contributed by atoms with Gasteiger partial charge in [0, 0.05) is 15.6 Å². The van der Waals surface area contributed by atoms with Crippen LogP contribution in [0.15, 0.2) is 58.1 Å². The number of fused-ring (bicyclic) bond motifs is 1. The van der Waals surface area contributed by atoms with Gasteiger partial charge in [-0.15, -0.1) is 0 Å². The van der Waals surface area contributed by atoms with E-state index in [2.05, 4.69) is 31.4 Å². The van der Waals surface area contributed by atoms with Gasteiger partial charge in [0.2, 0.25) is 0 Å². The molecule has 0 atom stereocenters. The monoisotopic (exact) mass is 411 g/mol. The predicted molar refractivity (Wildman–Crippen MR) is 107 cm³/mol. The van der Waals surface area contributed by atoms with Gasteiger partial charge in [-0.3, -0.25) is 9.78 Å². The first-order valence-corrected chi connectivity index (χ1v) is 8.83. The Morgan fingerprint density at radius 1 is 1.15 bits per heavy atom. The van der Waals surface area contributed by atoms with E-state index in [1.54, 1.807) is 13.2 Å². The SMILES string of the molecule is COc1ccc2nc(C)cc(C(=O)NN=C(C)c3ccc(Br)cc3)c2c1. The van der Waals surface area contributed by atoms with Crippen LogP contribution in [0.25, 0.3) is 10.9 Å². The minimum Gasteiger partial charge on any atom is -0.497 e. The number of nitrogens with zero attached hydrogens (tertiary/aromatic N) is 2. The number of pyridine rings is 1. The molecule has 1 aromatic heterocycles. The molecule has 132 valence electrons. The lowest BCUT2D eigenvalue weighted by atomic mass is 10.1. The fraction of sp³-hybridized carbons (Fsp3) is 0.150. The number of carbonyl (C=O) groups excluding carboxylic acids is 1. The van der Waals surface area contributed by atoms with Crippen LogP contribution >= 0.6 is 15.9 Å². The van der Waals surface area contributed by atoms with E-state index in [0.29, 0.717) is 11.3 Å². The topological polar surface area (TPSA) is 63.6 Å². The van der Waals surface area contributed by atoms with Crippen LogP contribution in [0.2, 0.25) is 0 Å². The molecule has 1 heterocycles. The number of hydrogen-bond donors (Lipinski definition) is 1. The normalized spacial score (nSPS) is 11.5. The number of amides is 1. The number of hydrogen-bond acceptors (Lipinski definition) is 4. The number of benzene rings is 2. The highest BCUT2D eigenvalue weighted by atomic mass is 79.9. The summed E-state index contributed by atoms with van der Waals surface area (Å²) >= 11 is 3.40. The average molecular weight is 412 g/mol. The van der Waals surface area contributed by atoms with Crippen molar-refractivity contribution in [3.63, 3.8) is 0 Å². The molecule has 26 heavy (non-hydrogen) atoms. The van der Waals surface area contributed by atoms with Crippen molar-refractivity contribution >= 4 is 38.5 Å². The highest BCUT2D eigenvalue weighted by Crippen LogP contribution is 2.23.